The molecule has 0 saturated heterocycles. The minimum Gasteiger partial charge on any atom is -0.478 e. The van der Waals surface area contributed by atoms with Gasteiger partial charge in [-0.2, -0.15) is 0 Å². The number of carbonyl (C=O) groups is 2. The number of hydrogen-bond donors (Lipinski definition) is 2. The Morgan fingerprint density at radius 3 is 2.31 bits per heavy atom. The van der Waals surface area contributed by atoms with E-state index in [9.17, 15) is 14.7 Å². The number of carboxylic acids is 1. The fourth-order valence-corrected chi connectivity index (χ4v) is 5.17. The van der Waals surface area contributed by atoms with Crippen LogP contribution in [0.5, 0.6) is 0 Å². The number of carboxylic acid groups (broad SMARTS) is 1. The number of carbonyl (C=O) groups excluding carboxylic acids is 1. The molecule has 0 bridgehead atoms. The number of rotatable bonds is 7. The highest BCUT2D eigenvalue weighted by Gasteiger charge is 2.23. The average Bonchev–Trinajstić information content (AvgIpc) is 3.05. The van der Waals surface area contributed by atoms with Crippen LogP contribution in [0.4, 0.5) is 5.69 Å². The standard InChI is InChI=1S/C34H29N7O4/c1-40(2)23-10-13-26-29(16-23)45-30-17-24(41(3)4)11-14-27(30)31(26)25-12-9-22(15-28(25)34(43)44)33(42)35-18-20-5-7-21(8-6-20)32-38-36-19-37-39-32/h5-17,19H,18H2,1-4H3,(H-,35,42,43,44)/p+1. The van der Waals surface area contributed by atoms with Crippen molar-refractivity contribution < 1.29 is 19.1 Å². The minimum absolute atomic E-state index is 0.0132. The second kappa shape index (κ2) is 12.0. The van der Waals surface area contributed by atoms with E-state index in [-0.39, 0.29) is 17.7 Å². The highest BCUT2D eigenvalue weighted by molar-refractivity contribution is 6.09. The molecule has 224 valence electrons. The molecule has 1 aliphatic heterocycles. The normalized spacial score (nSPS) is 11.0. The van der Waals surface area contributed by atoms with E-state index in [1.54, 1.807) is 12.1 Å². The van der Waals surface area contributed by atoms with E-state index in [1.165, 1.54) is 12.4 Å². The van der Waals surface area contributed by atoms with Crippen molar-refractivity contribution in [2.45, 2.75) is 6.54 Å². The molecule has 0 atom stereocenters. The second-order valence-corrected chi connectivity index (χ2v) is 10.9. The van der Waals surface area contributed by atoms with Crippen molar-refractivity contribution in [3.05, 3.63) is 107 Å². The lowest BCUT2D eigenvalue weighted by molar-refractivity contribution is 0.0697. The second-order valence-electron chi connectivity index (χ2n) is 10.9. The van der Waals surface area contributed by atoms with Crippen LogP contribution in [0.25, 0.3) is 44.8 Å². The number of nitrogens with zero attached hydrogens (tertiary/aromatic N) is 6. The van der Waals surface area contributed by atoms with Crippen molar-refractivity contribution >= 4 is 28.5 Å². The molecule has 1 aliphatic carbocycles. The predicted molar refractivity (Wildman–Crippen MR) is 171 cm³/mol. The van der Waals surface area contributed by atoms with E-state index in [2.05, 4.69) is 25.7 Å². The van der Waals surface area contributed by atoms with Crippen LogP contribution in [0.1, 0.15) is 26.3 Å². The maximum atomic E-state index is 13.2. The van der Waals surface area contributed by atoms with Crippen LogP contribution in [-0.4, -0.2) is 65.6 Å². The van der Waals surface area contributed by atoms with Crippen LogP contribution < -0.4 is 20.1 Å². The summed E-state index contributed by atoms with van der Waals surface area (Å²) in [4.78, 5) is 27.8. The number of anilines is 1. The van der Waals surface area contributed by atoms with Gasteiger partial charge in [0.1, 0.15) is 25.4 Å². The largest absolute Gasteiger partial charge is 0.478 e. The van der Waals surface area contributed by atoms with Crippen LogP contribution in [-0.2, 0) is 6.54 Å². The van der Waals surface area contributed by atoms with Crippen LogP contribution in [0, 0.1) is 0 Å². The van der Waals surface area contributed by atoms with Crippen molar-refractivity contribution in [2.24, 2.45) is 0 Å². The van der Waals surface area contributed by atoms with Crippen molar-refractivity contribution in [2.75, 3.05) is 33.1 Å². The summed E-state index contributed by atoms with van der Waals surface area (Å²) in [5, 5.41) is 30.3. The molecule has 45 heavy (non-hydrogen) atoms. The summed E-state index contributed by atoms with van der Waals surface area (Å²) in [6.45, 7) is 0.243. The SMILES string of the molecule is CN(C)c1ccc2c(-c3ccc(C(=O)NCc4ccc(-c5nncnn5)cc4)cc3C(=O)O)c3ccc(=[N+](C)C)cc-3oc2c1. The molecule has 1 aromatic heterocycles. The molecule has 0 fully saturated rings. The lowest BCUT2D eigenvalue weighted by Crippen LogP contribution is -2.23. The molecule has 11 heteroatoms. The molecule has 6 rings (SSSR count). The van der Waals surface area contributed by atoms with E-state index in [0.29, 0.717) is 22.7 Å². The van der Waals surface area contributed by atoms with E-state index in [0.717, 1.165) is 38.7 Å². The van der Waals surface area contributed by atoms with E-state index < -0.39 is 11.9 Å². The summed E-state index contributed by atoms with van der Waals surface area (Å²) in [5.74, 6) is -0.510. The van der Waals surface area contributed by atoms with Crippen molar-refractivity contribution in [3.8, 4) is 33.8 Å². The van der Waals surface area contributed by atoms with Gasteiger partial charge in [0, 0.05) is 66.1 Å². The summed E-state index contributed by atoms with van der Waals surface area (Å²) < 4.78 is 8.36. The van der Waals surface area contributed by atoms with E-state index >= 15 is 0 Å². The maximum absolute atomic E-state index is 13.2. The number of aromatic nitrogens is 4. The molecule has 4 aromatic rings. The monoisotopic (exact) mass is 600 g/mol. The number of benzene rings is 4. The van der Waals surface area contributed by atoms with Gasteiger partial charge in [0.15, 0.2) is 6.33 Å². The molecule has 2 N–H and O–H groups in total. The number of hydrogen-bond acceptors (Lipinski definition) is 8. The van der Waals surface area contributed by atoms with Gasteiger partial charge in [-0.1, -0.05) is 30.3 Å². The molecular formula is C34H30N7O4+. The van der Waals surface area contributed by atoms with Gasteiger partial charge < -0.3 is 19.7 Å². The molecular weight excluding hydrogens is 570 g/mol. The number of amides is 1. The molecule has 2 aliphatic rings. The van der Waals surface area contributed by atoms with Gasteiger partial charge in [-0.05, 0) is 41.5 Å². The van der Waals surface area contributed by atoms with Crippen LogP contribution in [0.3, 0.4) is 0 Å². The summed E-state index contributed by atoms with van der Waals surface area (Å²) in [6.07, 6.45) is 1.26. The van der Waals surface area contributed by atoms with Gasteiger partial charge in [-0.15, -0.1) is 20.4 Å². The summed E-state index contributed by atoms with van der Waals surface area (Å²) >= 11 is 0. The molecule has 1 amide bonds. The molecule has 2 heterocycles. The average molecular weight is 601 g/mol. The highest BCUT2D eigenvalue weighted by atomic mass is 16.4. The molecule has 11 nitrogen and oxygen atoms in total. The topological polar surface area (TPSA) is 137 Å². The molecule has 0 unspecified atom stereocenters. The number of nitrogens with one attached hydrogen (secondary N) is 1. The fraction of sp³-hybridized carbons (Fsp3) is 0.147. The molecule has 0 spiro atoms. The van der Waals surface area contributed by atoms with Crippen molar-refractivity contribution in [1.82, 2.24) is 30.3 Å². The van der Waals surface area contributed by atoms with Gasteiger partial charge in [-0.3, -0.25) is 4.79 Å². The minimum atomic E-state index is -1.14. The first kappa shape index (κ1) is 29.1. The van der Waals surface area contributed by atoms with Crippen molar-refractivity contribution in [3.63, 3.8) is 0 Å². The summed E-state index contributed by atoms with van der Waals surface area (Å²) in [7, 11) is 7.79. The highest BCUT2D eigenvalue weighted by Crippen LogP contribution is 2.42. The van der Waals surface area contributed by atoms with Gasteiger partial charge in [0.05, 0.1) is 11.6 Å². The Morgan fingerprint density at radius 1 is 0.889 bits per heavy atom. The third-order valence-electron chi connectivity index (χ3n) is 7.58. The van der Waals surface area contributed by atoms with Crippen LogP contribution >= 0.6 is 0 Å². The van der Waals surface area contributed by atoms with E-state index in [4.69, 9.17) is 4.42 Å². The van der Waals surface area contributed by atoms with Gasteiger partial charge in [0.25, 0.3) is 5.91 Å². The molecule has 3 aromatic carbocycles. The fourth-order valence-electron chi connectivity index (χ4n) is 5.17. The zero-order valence-electron chi connectivity index (χ0n) is 25.1. The van der Waals surface area contributed by atoms with Gasteiger partial charge >= 0.3 is 5.97 Å². The number of aromatic carboxylic acids is 1. The Labute approximate surface area is 258 Å². The zero-order valence-corrected chi connectivity index (χ0v) is 25.1. The third kappa shape index (κ3) is 5.83. The van der Waals surface area contributed by atoms with Gasteiger partial charge in [0.2, 0.25) is 11.2 Å². The predicted octanol–water partition coefficient (Wildman–Crippen LogP) is 4.18. The maximum Gasteiger partial charge on any atom is 0.336 e. The quantitative estimate of drug-likeness (QED) is 0.204. The lowest BCUT2D eigenvalue weighted by Gasteiger charge is -2.19. The van der Waals surface area contributed by atoms with E-state index in [1.807, 2.05) is 98.3 Å². The first-order valence-electron chi connectivity index (χ1n) is 14.1. The first-order chi connectivity index (χ1) is 21.7. The Hall–Kier alpha value is -5.97. The lowest BCUT2D eigenvalue weighted by atomic mass is 9.89. The third-order valence-corrected chi connectivity index (χ3v) is 7.58. The Balaban J connectivity index is 1.37. The van der Waals surface area contributed by atoms with Crippen LogP contribution in [0.15, 0.2) is 89.6 Å². The zero-order chi connectivity index (χ0) is 31.7. The summed E-state index contributed by atoms with van der Waals surface area (Å²) in [5.41, 5.74) is 5.39. The smallest absolute Gasteiger partial charge is 0.336 e. The van der Waals surface area contributed by atoms with Crippen LogP contribution in [0.2, 0.25) is 0 Å². The van der Waals surface area contributed by atoms with Crippen molar-refractivity contribution in [1.29, 1.82) is 0 Å². The Morgan fingerprint density at radius 2 is 1.62 bits per heavy atom. The Kier molecular flexibility index (Phi) is 7.74. The molecule has 0 saturated carbocycles. The number of fused-ring (bicyclic) bond motifs is 2. The summed E-state index contributed by atoms with van der Waals surface area (Å²) in [6, 6.07) is 23.8. The first-order valence-corrected chi connectivity index (χ1v) is 14.1. The molecule has 0 radical (unpaired) electrons. The Bertz CT molecular complexity index is 2100. The van der Waals surface area contributed by atoms with Gasteiger partial charge in [-0.25, -0.2) is 9.37 Å².